The third-order valence-electron chi connectivity index (χ3n) is 6.28. The highest BCUT2D eigenvalue weighted by molar-refractivity contribution is 5.09. The molecule has 1 unspecified atom stereocenters. The highest BCUT2D eigenvalue weighted by atomic mass is 15.0. The van der Waals surface area contributed by atoms with E-state index in [0.29, 0.717) is 11.6 Å². The summed E-state index contributed by atoms with van der Waals surface area (Å²) in [6.45, 7) is 0. The summed E-state index contributed by atoms with van der Waals surface area (Å²) in [5.74, 6) is 3.20. The first-order chi connectivity index (χ1) is 9.31. The number of allylic oxidation sites excluding steroid dienone is 1. The van der Waals surface area contributed by atoms with Crippen molar-refractivity contribution in [2.75, 3.05) is 0 Å². The monoisotopic (exact) mass is 259 g/mol. The molecule has 1 atom stereocenters. The van der Waals surface area contributed by atoms with Gasteiger partial charge in [0.2, 0.25) is 0 Å². The molecule has 0 saturated heterocycles. The van der Waals surface area contributed by atoms with Crippen LogP contribution in [0.1, 0.15) is 70.6 Å². The second kappa shape index (κ2) is 4.91. The predicted octanol–water partition coefficient (Wildman–Crippen LogP) is 4.43. The zero-order valence-electron chi connectivity index (χ0n) is 12.2. The lowest BCUT2D eigenvalue weighted by atomic mass is 9.53. The Hall–Kier alpha value is -0.300. The van der Waals surface area contributed by atoms with E-state index in [2.05, 4.69) is 17.5 Å². The summed E-state index contributed by atoms with van der Waals surface area (Å²) in [7, 11) is 0. The first-order valence-electron chi connectivity index (χ1n) is 8.76. The number of hydrogen-bond donors (Lipinski definition) is 1. The van der Waals surface area contributed by atoms with Gasteiger partial charge in [0.15, 0.2) is 0 Å². The van der Waals surface area contributed by atoms with Gasteiger partial charge in [0, 0.05) is 11.6 Å². The summed E-state index contributed by atoms with van der Waals surface area (Å²) in [5.41, 5.74) is 0.545. The van der Waals surface area contributed by atoms with Crippen molar-refractivity contribution in [2.45, 2.75) is 82.2 Å². The molecule has 0 aromatic heterocycles. The molecule has 4 bridgehead atoms. The standard InChI is InChI=1S/C18H29N/c1-2-4-6-17(7-5-3-1)19-18-11-14-8-15(12-18)10-16(9-14)13-18/h4,6,14-17,19H,1-3,5,7-13H2/b6-4-. The molecule has 0 heterocycles. The van der Waals surface area contributed by atoms with Crippen LogP contribution in [-0.4, -0.2) is 11.6 Å². The van der Waals surface area contributed by atoms with Crippen LogP contribution in [0.15, 0.2) is 12.2 Å². The molecular formula is C18H29N. The summed E-state index contributed by atoms with van der Waals surface area (Å²) in [6.07, 6.45) is 21.0. The van der Waals surface area contributed by atoms with Crippen molar-refractivity contribution in [3.05, 3.63) is 12.2 Å². The van der Waals surface area contributed by atoms with Gasteiger partial charge >= 0.3 is 0 Å². The van der Waals surface area contributed by atoms with Crippen molar-refractivity contribution < 1.29 is 0 Å². The molecule has 0 aromatic rings. The average Bonchev–Trinajstić information content (AvgIpc) is 2.30. The van der Waals surface area contributed by atoms with E-state index >= 15 is 0 Å². The zero-order valence-corrected chi connectivity index (χ0v) is 12.2. The smallest absolute Gasteiger partial charge is 0.0255 e. The van der Waals surface area contributed by atoms with Crippen LogP contribution in [0.2, 0.25) is 0 Å². The molecule has 0 spiro atoms. The molecule has 0 aromatic carbocycles. The normalized spacial score (nSPS) is 50.7. The van der Waals surface area contributed by atoms with Gasteiger partial charge in [-0.25, -0.2) is 0 Å². The van der Waals surface area contributed by atoms with Gasteiger partial charge < -0.3 is 5.32 Å². The average molecular weight is 259 g/mol. The summed E-state index contributed by atoms with van der Waals surface area (Å²) < 4.78 is 0. The Morgan fingerprint density at radius 3 is 2.21 bits per heavy atom. The fourth-order valence-corrected chi connectivity index (χ4v) is 5.96. The van der Waals surface area contributed by atoms with Crippen molar-refractivity contribution in [3.8, 4) is 0 Å². The van der Waals surface area contributed by atoms with E-state index in [9.17, 15) is 0 Å². The van der Waals surface area contributed by atoms with Crippen molar-refractivity contribution in [1.29, 1.82) is 0 Å². The largest absolute Gasteiger partial charge is 0.305 e. The lowest BCUT2D eigenvalue weighted by Crippen LogP contribution is -2.60. The minimum absolute atomic E-state index is 0.545. The van der Waals surface area contributed by atoms with Gasteiger partial charge in [-0.15, -0.1) is 0 Å². The van der Waals surface area contributed by atoms with E-state index in [-0.39, 0.29) is 0 Å². The van der Waals surface area contributed by atoms with E-state index in [1.165, 1.54) is 51.4 Å². The first-order valence-corrected chi connectivity index (χ1v) is 8.76. The van der Waals surface area contributed by atoms with Crippen LogP contribution in [0.5, 0.6) is 0 Å². The van der Waals surface area contributed by atoms with Crippen LogP contribution >= 0.6 is 0 Å². The second-order valence-corrected chi connectivity index (χ2v) is 8.01. The van der Waals surface area contributed by atoms with Crippen LogP contribution < -0.4 is 5.32 Å². The lowest BCUT2D eigenvalue weighted by molar-refractivity contribution is -0.0233. The lowest BCUT2D eigenvalue weighted by Gasteiger charge is -2.58. The minimum atomic E-state index is 0.545. The van der Waals surface area contributed by atoms with E-state index in [1.54, 1.807) is 19.3 Å². The summed E-state index contributed by atoms with van der Waals surface area (Å²) in [5, 5.41) is 4.14. The summed E-state index contributed by atoms with van der Waals surface area (Å²) in [6, 6.07) is 0.677. The highest BCUT2D eigenvalue weighted by Gasteiger charge is 2.51. The Kier molecular flexibility index (Phi) is 3.22. The molecule has 5 rings (SSSR count). The fraction of sp³-hybridized carbons (Fsp3) is 0.889. The van der Waals surface area contributed by atoms with Crippen LogP contribution in [0.25, 0.3) is 0 Å². The molecule has 5 aliphatic carbocycles. The van der Waals surface area contributed by atoms with Gasteiger partial charge in [0.1, 0.15) is 0 Å². The molecular weight excluding hydrogens is 230 g/mol. The van der Waals surface area contributed by atoms with Crippen LogP contribution in [0, 0.1) is 17.8 Å². The van der Waals surface area contributed by atoms with Gasteiger partial charge in [-0.1, -0.05) is 25.0 Å². The predicted molar refractivity (Wildman–Crippen MR) is 80.1 cm³/mol. The minimum Gasteiger partial charge on any atom is -0.305 e. The summed E-state index contributed by atoms with van der Waals surface area (Å²) >= 11 is 0. The number of hydrogen-bond acceptors (Lipinski definition) is 1. The van der Waals surface area contributed by atoms with Crippen molar-refractivity contribution in [1.82, 2.24) is 5.32 Å². The number of nitrogens with one attached hydrogen (secondary N) is 1. The molecule has 1 N–H and O–H groups in total. The van der Waals surface area contributed by atoms with Gasteiger partial charge in [0.25, 0.3) is 0 Å². The Morgan fingerprint density at radius 1 is 0.842 bits per heavy atom. The maximum absolute atomic E-state index is 4.14. The first kappa shape index (κ1) is 12.4. The Labute approximate surface area is 118 Å². The Morgan fingerprint density at radius 2 is 1.53 bits per heavy atom. The third kappa shape index (κ3) is 2.51. The van der Waals surface area contributed by atoms with E-state index < -0.39 is 0 Å². The van der Waals surface area contributed by atoms with E-state index in [1.807, 2.05) is 0 Å². The maximum Gasteiger partial charge on any atom is 0.0255 e. The molecule has 4 saturated carbocycles. The van der Waals surface area contributed by atoms with Gasteiger partial charge in [-0.3, -0.25) is 0 Å². The third-order valence-corrected chi connectivity index (χ3v) is 6.28. The molecule has 0 radical (unpaired) electrons. The van der Waals surface area contributed by atoms with Crippen molar-refractivity contribution in [3.63, 3.8) is 0 Å². The van der Waals surface area contributed by atoms with Crippen molar-refractivity contribution >= 4 is 0 Å². The quantitative estimate of drug-likeness (QED) is 0.723. The molecule has 1 heteroatoms. The molecule has 0 aliphatic heterocycles. The van der Waals surface area contributed by atoms with Crippen LogP contribution in [0.4, 0.5) is 0 Å². The summed E-state index contributed by atoms with van der Waals surface area (Å²) in [4.78, 5) is 0. The van der Waals surface area contributed by atoms with E-state index in [0.717, 1.165) is 17.8 Å². The van der Waals surface area contributed by atoms with Gasteiger partial charge in [-0.2, -0.15) is 0 Å². The molecule has 0 amide bonds. The van der Waals surface area contributed by atoms with Gasteiger partial charge in [0.05, 0.1) is 0 Å². The highest BCUT2D eigenvalue weighted by Crippen LogP contribution is 2.55. The second-order valence-electron chi connectivity index (χ2n) is 8.01. The van der Waals surface area contributed by atoms with Gasteiger partial charge in [-0.05, 0) is 75.5 Å². The molecule has 1 nitrogen and oxygen atoms in total. The maximum atomic E-state index is 4.14. The fourth-order valence-electron chi connectivity index (χ4n) is 5.96. The van der Waals surface area contributed by atoms with Crippen LogP contribution in [-0.2, 0) is 0 Å². The number of rotatable bonds is 2. The molecule has 4 fully saturated rings. The van der Waals surface area contributed by atoms with Crippen molar-refractivity contribution in [2.24, 2.45) is 17.8 Å². The molecule has 5 aliphatic rings. The topological polar surface area (TPSA) is 12.0 Å². The zero-order chi connectivity index (χ0) is 12.7. The SMILES string of the molecule is C1=C\C(NC23CC4CC(CC(C4)C2)C3)CCCCC/1. The van der Waals surface area contributed by atoms with Crippen LogP contribution in [0.3, 0.4) is 0 Å². The Bertz CT molecular complexity index is 321. The molecule has 106 valence electrons. The Balaban J connectivity index is 1.47. The molecule has 19 heavy (non-hydrogen) atoms. The van der Waals surface area contributed by atoms with E-state index in [4.69, 9.17) is 0 Å².